The number of nitrogens with one attached hydrogen (secondary N) is 1. The molecule has 0 spiro atoms. The van der Waals surface area contributed by atoms with E-state index in [-0.39, 0.29) is 0 Å². The molecule has 1 nitrogen and oxygen atoms in total. The molecule has 0 aromatic carbocycles. The molecule has 1 aliphatic carbocycles. The van der Waals surface area contributed by atoms with Gasteiger partial charge in [-0.2, -0.15) is 0 Å². The Morgan fingerprint density at radius 3 is 2.12 bits per heavy atom. The SMILES string of the molecule is CCNC(CC(C)(C)C)C1CCC(C)CC1. The molecule has 0 heterocycles. The van der Waals surface area contributed by atoms with Crippen molar-refractivity contribution in [2.75, 3.05) is 6.54 Å². The smallest absolute Gasteiger partial charge is 0.0100 e. The van der Waals surface area contributed by atoms with Crippen LogP contribution in [0.3, 0.4) is 0 Å². The summed E-state index contributed by atoms with van der Waals surface area (Å²) in [6, 6.07) is 0.748. The molecular weight excluding hydrogens is 194 g/mol. The minimum atomic E-state index is 0.454. The van der Waals surface area contributed by atoms with Gasteiger partial charge in [-0.25, -0.2) is 0 Å². The largest absolute Gasteiger partial charge is 0.314 e. The zero-order valence-electron chi connectivity index (χ0n) is 12.0. The molecule has 0 aromatic rings. The third kappa shape index (κ3) is 4.86. The fourth-order valence-electron chi connectivity index (χ4n) is 3.02. The van der Waals surface area contributed by atoms with E-state index < -0.39 is 0 Å². The maximum absolute atomic E-state index is 3.72. The van der Waals surface area contributed by atoms with Crippen molar-refractivity contribution < 1.29 is 0 Å². The van der Waals surface area contributed by atoms with Crippen LogP contribution in [0.2, 0.25) is 0 Å². The van der Waals surface area contributed by atoms with Crippen LogP contribution in [0.4, 0.5) is 0 Å². The molecular formula is C15H31N. The first-order chi connectivity index (χ1) is 7.42. The van der Waals surface area contributed by atoms with Gasteiger partial charge in [0.2, 0.25) is 0 Å². The van der Waals surface area contributed by atoms with Gasteiger partial charge in [0.15, 0.2) is 0 Å². The highest BCUT2D eigenvalue weighted by Gasteiger charge is 2.28. The molecule has 0 aliphatic heterocycles. The minimum Gasteiger partial charge on any atom is -0.314 e. The van der Waals surface area contributed by atoms with Crippen LogP contribution in [0.15, 0.2) is 0 Å². The standard InChI is InChI=1S/C15H31N/c1-6-16-14(11-15(3,4)5)13-9-7-12(2)8-10-13/h12-14,16H,6-11H2,1-5H3. The zero-order valence-corrected chi connectivity index (χ0v) is 12.0. The molecule has 1 unspecified atom stereocenters. The number of hydrogen-bond donors (Lipinski definition) is 1. The molecule has 0 radical (unpaired) electrons. The van der Waals surface area contributed by atoms with Gasteiger partial charge in [-0.15, -0.1) is 0 Å². The van der Waals surface area contributed by atoms with Gasteiger partial charge in [-0.3, -0.25) is 0 Å². The lowest BCUT2D eigenvalue weighted by Crippen LogP contribution is -2.40. The van der Waals surface area contributed by atoms with Gasteiger partial charge in [-0.1, -0.05) is 47.5 Å². The first-order valence-electron chi connectivity index (χ1n) is 7.15. The third-order valence-electron chi connectivity index (χ3n) is 3.93. The quantitative estimate of drug-likeness (QED) is 0.755. The maximum atomic E-state index is 3.72. The number of hydrogen-bond acceptors (Lipinski definition) is 1. The van der Waals surface area contributed by atoms with E-state index in [0.717, 1.165) is 24.4 Å². The van der Waals surface area contributed by atoms with E-state index >= 15 is 0 Å². The predicted molar refractivity (Wildman–Crippen MR) is 72.7 cm³/mol. The normalized spacial score (nSPS) is 29.1. The van der Waals surface area contributed by atoms with E-state index in [1.54, 1.807) is 0 Å². The fraction of sp³-hybridized carbons (Fsp3) is 1.00. The van der Waals surface area contributed by atoms with Gasteiger partial charge in [0, 0.05) is 6.04 Å². The summed E-state index contributed by atoms with van der Waals surface area (Å²) in [4.78, 5) is 0. The molecule has 16 heavy (non-hydrogen) atoms. The monoisotopic (exact) mass is 225 g/mol. The average Bonchev–Trinajstić information content (AvgIpc) is 2.16. The van der Waals surface area contributed by atoms with Gasteiger partial charge in [0.25, 0.3) is 0 Å². The Bertz CT molecular complexity index is 184. The van der Waals surface area contributed by atoms with Crippen LogP contribution in [0.1, 0.15) is 66.7 Å². The van der Waals surface area contributed by atoms with E-state index in [1.807, 2.05) is 0 Å². The first-order valence-corrected chi connectivity index (χ1v) is 7.15. The summed E-state index contributed by atoms with van der Waals surface area (Å²) in [5.74, 6) is 1.89. The van der Waals surface area contributed by atoms with Crippen LogP contribution in [0.5, 0.6) is 0 Å². The fourth-order valence-corrected chi connectivity index (χ4v) is 3.02. The van der Waals surface area contributed by atoms with E-state index in [1.165, 1.54) is 32.1 Å². The molecule has 0 aromatic heterocycles. The highest BCUT2D eigenvalue weighted by molar-refractivity contribution is 4.84. The summed E-state index contributed by atoms with van der Waals surface area (Å²) < 4.78 is 0. The van der Waals surface area contributed by atoms with Gasteiger partial charge in [0.05, 0.1) is 0 Å². The summed E-state index contributed by atoms with van der Waals surface area (Å²) in [5, 5.41) is 3.72. The van der Waals surface area contributed by atoms with Crippen LogP contribution in [-0.4, -0.2) is 12.6 Å². The van der Waals surface area contributed by atoms with Crippen LogP contribution >= 0.6 is 0 Å². The lowest BCUT2D eigenvalue weighted by Gasteiger charge is -2.36. The van der Waals surface area contributed by atoms with Crippen molar-refractivity contribution in [2.24, 2.45) is 17.3 Å². The topological polar surface area (TPSA) is 12.0 Å². The molecule has 1 fully saturated rings. The Hall–Kier alpha value is -0.0400. The molecule has 0 bridgehead atoms. The van der Waals surface area contributed by atoms with Gasteiger partial charge < -0.3 is 5.32 Å². The van der Waals surface area contributed by atoms with Crippen molar-refractivity contribution >= 4 is 0 Å². The Balaban J connectivity index is 2.49. The van der Waals surface area contributed by atoms with Gasteiger partial charge >= 0.3 is 0 Å². The highest BCUT2D eigenvalue weighted by atomic mass is 14.9. The van der Waals surface area contributed by atoms with Gasteiger partial charge in [-0.05, 0) is 43.1 Å². The van der Waals surface area contributed by atoms with Crippen molar-refractivity contribution in [1.29, 1.82) is 0 Å². The number of rotatable bonds is 4. The van der Waals surface area contributed by atoms with Crippen LogP contribution in [-0.2, 0) is 0 Å². The van der Waals surface area contributed by atoms with Crippen molar-refractivity contribution in [3.63, 3.8) is 0 Å². The summed E-state index contributed by atoms with van der Waals surface area (Å²) in [5.41, 5.74) is 0.454. The first kappa shape index (κ1) is 14.0. The Morgan fingerprint density at radius 1 is 1.12 bits per heavy atom. The Labute approximate surface area is 102 Å². The molecule has 1 aliphatic rings. The Kier molecular flexibility index (Phi) is 5.30. The second kappa shape index (κ2) is 6.05. The zero-order chi connectivity index (χ0) is 12.2. The van der Waals surface area contributed by atoms with E-state index in [4.69, 9.17) is 0 Å². The van der Waals surface area contributed by atoms with E-state index in [0.29, 0.717) is 5.41 Å². The molecule has 1 heteroatoms. The lowest BCUT2D eigenvalue weighted by molar-refractivity contribution is 0.187. The van der Waals surface area contributed by atoms with Crippen LogP contribution in [0.25, 0.3) is 0 Å². The van der Waals surface area contributed by atoms with Crippen molar-refractivity contribution in [3.05, 3.63) is 0 Å². The van der Waals surface area contributed by atoms with Crippen molar-refractivity contribution in [1.82, 2.24) is 5.32 Å². The van der Waals surface area contributed by atoms with Crippen molar-refractivity contribution in [2.45, 2.75) is 72.8 Å². The summed E-state index contributed by atoms with van der Waals surface area (Å²) in [6.07, 6.45) is 7.08. The lowest BCUT2D eigenvalue weighted by atomic mass is 9.74. The average molecular weight is 225 g/mol. The highest BCUT2D eigenvalue weighted by Crippen LogP contribution is 2.34. The molecule has 1 N–H and O–H groups in total. The molecule has 0 amide bonds. The molecule has 96 valence electrons. The molecule has 1 atom stereocenters. The summed E-state index contributed by atoms with van der Waals surface area (Å²) in [7, 11) is 0. The van der Waals surface area contributed by atoms with Crippen LogP contribution < -0.4 is 5.32 Å². The minimum absolute atomic E-state index is 0.454. The Morgan fingerprint density at radius 2 is 1.69 bits per heavy atom. The summed E-state index contributed by atoms with van der Waals surface area (Å²) >= 11 is 0. The van der Waals surface area contributed by atoms with Crippen molar-refractivity contribution in [3.8, 4) is 0 Å². The van der Waals surface area contributed by atoms with E-state index in [2.05, 4.69) is 39.9 Å². The van der Waals surface area contributed by atoms with Crippen LogP contribution in [0, 0.1) is 17.3 Å². The second-order valence-electron chi connectivity index (χ2n) is 6.95. The van der Waals surface area contributed by atoms with Gasteiger partial charge in [0.1, 0.15) is 0 Å². The second-order valence-corrected chi connectivity index (χ2v) is 6.95. The summed E-state index contributed by atoms with van der Waals surface area (Å²) in [6.45, 7) is 12.9. The predicted octanol–water partition coefficient (Wildman–Crippen LogP) is 4.23. The maximum Gasteiger partial charge on any atom is 0.0100 e. The molecule has 1 rings (SSSR count). The molecule has 0 saturated heterocycles. The molecule has 1 saturated carbocycles. The third-order valence-corrected chi connectivity index (χ3v) is 3.93. The van der Waals surface area contributed by atoms with E-state index in [9.17, 15) is 0 Å².